The molecule has 0 unspecified atom stereocenters. The topological polar surface area (TPSA) is 50.3 Å². The SMILES string of the molecule is CCC(=O)N(C)c1ccc(-c2ccc(C(=O)CCc3ccc(C)nc3C)cc2Cl)cc1. The van der Waals surface area contributed by atoms with E-state index < -0.39 is 0 Å². The number of amides is 1. The summed E-state index contributed by atoms with van der Waals surface area (Å²) in [5, 5.41) is 0.532. The smallest absolute Gasteiger partial charge is 0.226 e. The molecule has 1 heterocycles. The maximum atomic E-state index is 12.7. The van der Waals surface area contributed by atoms with Gasteiger partial charge in [0, 0.05) is 53.1 Å². The number of carbonyl (C=O) groups is 2. The molecule has 0 bridgehead atoms. The minimum Gasteiger partial charge on any atom is -0.316 e. The Labute approximate surface area is 188 Å². The molecule has 5 heteroatoms. The molecule has 3 aromatic rings. The summed E-state index contributed by atoms with van der Waals surface area (Å²) in [6.07, 6.45) is 1.52. The summed E-state index contributed by atoms with van der Waals surface area (Å²) >= 11 is 6.52. The van der Waals surface area contributed by atoms with E-state index in [9.17, 15) is 9.59 Å². The lowest BCUT2D eigenvalue weighted by atomic mass is 9.98. The zero-order valence-electron chi connectivity index (χ0n) is 18.4. The number of nitrogens with zero attached hydrogens (tertiary/aromatic N) is 2. The summed E-state index contributed by atoms with van der Waals surface area (Å²) in [4.78, 5) is 30.7. The van der Waals surface area contributed by atoms with E-state index in [4.69, 9.17) is 11.6 Å². The van der Waals surface area contributed by atoms with Crippen molar-refractivity contribution in [3.63, 3.8) is 0 Å². The number of anilines is 1. The van der Waals surface area contributed by atoms with Crippen LogP contribution in [0.25, 0.3) is 11.1 Å². The first-order valence-electron chi connectivity index (χ1n) is 10.4. The summed E-state index contributed by atoms with van der Waals surface area (Å²) in [7, 11) is 1.77. The molecular weight excluding hydrogens is 408 g/mol. The van der Waals surface area contributed by atoms with Crippen LogP contribution in [-0.2, 0) is 11.2 Å². The molecule has 0 saturated carbocycles. The maximum Gasteiger partial charge on any atom is 0.226 e. The number of aromatic nitrogens is 1. The number of benzene rings is 2. The Morgan fingerprint density at radius 2 is 1.71 bits per heavy atom. The highest BCUT2D eigenvalue weighted by atomic mass is 35.5. The van der Waals surface area contributed by atoms with Gasteiger partial charge in [0.2, 0.25) is 5.91 Å². The van der Waals surface area contributed by atoms with Crippen molar-refractivity contribution in [3.05, 3.63) is 82.1 Å². The van der Waals surface area contributed by atoms with Crippen LogP contribution in [0.15, 0.2) is 54.6 Å². The Kier molecular flexibility index (Phi) is 7.24. The molecule has 3 rings (SSSR count). The number of hydrogen-bond donors (Lipinski definition) is 0. The van der Waals surface area contributed by atoms with Crippen LogP contribution in [0.3, 0.4) is 0 Å². The Hall–Kier alpha value is -2.98. The molecule has 0 fully saturated rings. The fourth-order valence-corrected chi connectivity index (χ4v) is 3.83. The van der Waals surface area contributed by atoms with Crippen LogP contribution in [-0.4, -0.2) is 23.7 Å². The van der Waals surface area contributed by atoms with Gasteiger partial charge in [-0.3, -0.25) is 14.6 Å². The predicted molar refractivity (Wildman–Crippen MR) is 127 cm³/mol. The van der Waals surface area contributed by atoms with E-state index in [2.05, 4.69) is 4.98 Å². The van der Waals surface area contributed by atoms with Gasteiger partial charge in [0.05, 0.1) is 0 Å². The van der Waals surface area contributed by atoms with Gasteiger partial charge in [0.15, 0.2) is 5.78 Å². The number of carbonyl (C=O) groups excluding carboxylic acids is 2. The van der Waals surface area contributed by atoms with Crippen molar-refractivity contribution in [3.8, 4) is 11.1 Å². The van der Waals surface area contributed by atoms with Crippen molar-refractivity contribution in [2.75, 3.05) is 11.9 Å². The number of halogens is 1. The Morgan fingerprint density at radius 3 is 2.32 bits per heavy atom. The molecule has 0 radical (unpaired) electrons. The molecule has 0 aliphatic carbocycles. The van der Waals surface area contributed by atoms with E-state index >= 15 is 0 Å². The zero-order chi connectivity index (χ0) is 22.5. The molecule has 0 aliphatic rings. The monoisotopic (exact) mass is 434 g/mol. The van der Waals surface area contributed by atoms with Crippen molar-refractivity contribution in [1.82, 2.24) is 4.98 Å². The van der Waals surface area contributed by atoms with Crippen LogP contribution < -0.4 is 4.90 Å². The molecule has 1 aromatic heterocycles. The van der Waals surface area contributed by atoms with Gasteiger partial charge in [0.1, 0.15) is 0 Å². The standard InChI is InChI=1S/C26H27ClN2O2/c1-5-26(31)29(4)22-12-8-20(9-13-22)23-14-10-21(16-24(23)27)25(30)15-11-19-7-6-17(2)28-18(19)3/h6-10,12-14,16H,5,11,15H2,1-4H3. The van der Waals surface area contributed by atoms with Crippen molar-refractivity contribution >= 4 is 29.0 Å². The van der Waals surface area contributed by atoms with Crippen LogP contribution in [0.2, 0.25) is 5.02 Å². The number of pyridine rings is 1. The summed E-state index contributed by atoms with van der Waals surface area (Å²) < 4.78 is 0. The van der Waals surface area contributed by atoms with E-state index in [1.165, 1.54) is 0 Å². The lowest BCUT2D eigenvalue weighted by Gasteiger charge is -2.17. The van der Waals surface area contributed by atoms with Gasteiger partial charge in [-0.15, -0.1) is 0 Å². The van der Waals surface area contributed by atoms with E-state index in [-0.39, 0.29) is 11.7 Å². The van der Waals surface area contributed by atoms with E-state index in [1.807, 2.05) is 69.3 Å². The molecule has 0 spiro atoms. The second-order valence-corrected chi connectivity index (χ2v) is 8.08. The zero-order valence-corrected chi connectivity index (χ0v) is 19.2. The van der Waals surface area contributed by atoms with Crippen LogP contribution in [0.1, 0.15) is 47.1 Å². The lowest BCUT2D eigenvalue weighted by molar-refractivity contribution is -0.118. The minimum atomic E-state index is 0.0588. The average Bonchev–Trinajstić information content (AvgIpc) is 2.77. The summed E-state index contributed by atoms with van der Waals surface area (Å²) in [6, 6.07) is 17.1. The average molecular weight is 435 g/mol. The fraction of sp³-hybridized carbons (Fsp3) is 0.269. The third kappa shape index (κ3) is 5.39. The molecular formula is C26H27ClN2O2. The molecule has 160 valence electrons. The Balaban J connectivity index is 1.72. The van der Waals surface area contributed by atoms with Crippen LogP contribution in [0.5, 0.6) is 0 Å². The van der Waals surface area contributed by atoms with Gasteiger partial charge < -0.3 is 4.90 Å². The molecule has 2 aromatic carbocycles. The molecule has 0 N–H and O–H groups in total. The van der Waals surface area contributed by atoms with E-state index in [1.54, 1.807) is 18.0 Å². The van der Waals surface area contributed by atoms with E-state index in [0.717, 1.165) is 33.8 Å². The van der Waals surface area contributed by atoms with Crippen LogP contribution >= 0.6 is 11.6 Å². The normalized spacial score (nSPS) is 10.7. The number of hydrogen-bond acceptors (Lipinski definition) is 3. The minimum absolute atomic E-state index is 0.0588. The van der Waals surface area contributed by atoms with Gasteiger partial charge in [-0.25, -0.2) is 0 Å². The van der Waals surface area contributed by atoms with Crippen molar-refractivity contribution in [1.29, 1.82) is 0 Å². The second kappa shape index (κ2) is 9.88. The third-order valence-corrected chi connectivity index (χ3v) is 5.80. The number of ketones is 1. The molecule has 0 aliphatic heterocycles. The second-order valence-electron chi connectivity index (χ2n) is 7.67. The highest BCUT2D eigenvalue weighted by molar-refractivity contribution is 6.33. The quantitative estimate of drug-likeness (QED) is 0.415. The number of rotatable bonds is 7. The maximum absolute atomic E-state index is 12.7. The van der Waals surface area contributed by atoms with Gasteiger partial charge >= 0.3 is 0 Å². The molecule has 0 atom stereocenters. The summed E-state index contributed by atoms with van der Waals surface area (Å²) in [5.74, 6) is 0.119. The highest BCUT2D eigenvalue weighted by Gasteiger charge is 2.13. The van der Waals surface area contributed by atoms with Crippen LogP contribution in [0, 0.1) is 13.8 Å². The van der Waals surface area contributed by atoms with Gasteiger partial charge in [-0.05, 0) is 55.7 Å². The van der Waals surface area contributed by atoms with Crippen LogP contribution in [0.4, 0.5) is 5.69 Å². The number of Topliss-reactive ketones (excluding diaryl/α,β-unsaturated/α-hetero) is 1. The van der Waals surface area contributed by atoms with Gasteiger partial charge in [-0.2, -0.15) is 0 Å². The summed E-state index contributed by atoms with van der Waals surface area (Å²) in [5.41, 5.74) is 6.27. The first-order chi connectivity index (χ1) is 14.8. The van der Waals surface area contributed by atoms with Crippen molar-refractivity contribution < 1.29 is 9.59 Å². The van der Waals surface area contributed by atoms with Gasteiger partial charge in [0.25, 0.3) is 0 Å². The molecule has 31 heavy (non-hydrogen) atoms. The number of aryl methyl sites for hydroxylation is 3. The highest BCUT2D eigenvalue weighted by Crippen LogP contribution is 2.30. The largest absolute Gasteiger partial charge is 0.316 e. The molecule has 0 saturated heterocycles. The predicted octanol–water partition coefficient (Wildman–Crippen LogP) is 6.21. The first kappa shape index (κ1) is 22.7. The fourth-order valence-electron chi connectivity index (χ4n) is 3.54. The lowest BCUT2D eigenvalue weighted by Crippen LogP contribution is -2.24. The molecule has 4 nitrogen and oxygen atoms in total. The molecule has 1 amide bonds. The summed E-state index contributed by atoms with van der Waals surface area (Å²) in [6.45, 7) is 5.77. The van der Waals surface area contributed by atoms with Crippen molar-refractivity contribution in [2.24, 2.45) is 0 Å². The van der Waals surface area contributed by atoms with E-state index in [0.29, 0.717) is 29.8 Å². The van der Waals surface area contributed by atoms with Crippen molar-refractivity contribution in [2.45, 2.75) is 40.0 Å². The Bertz CT molecular complexity index is 1110. The van der Waals surface area contributed by atoms with Gasteiger partial charge in [-0.1, -0.05) is 48.9 Å². The Morgan fingerprint density at radius 1 is 1.00 bits per heavy atom. The third-order valence-electron chi connectivity index (χ3n) is 5.49. The first-order valence-corrected chi connectivity index (χ1v) is 10.8.